The summed E-state index contributed by atoms with van der Waals surface area (Å²) in [5, 5.41) is 5.16. The molecular formula is C28H39N4O6P. The number of nitrogens with two attached hydrogens (primary N) is 1. The molecule has 0 bridgehead atoms. The molecule has 0 aliphatic carbocycles. The Morgan fingerprint density at radius 2 is 1.97 bits per heavy atom. The van der Waals surface area contributed by atoms with Crippen molar-refractivity contribution >= 4 is 37.5 Å². The summed E-state index contributed by atoms with van der Waals surface area (Å²) >= 11 is 0. The van der Waals surface area contributed by atoms with E-state index in [1.807, 2.05) is 74.5 Å². The van der Waals surface area contributed by atoms with Gasteiger partial charge in [0.1, 0.15) is 23.9 Å². The molecule has 1 heterocycles. The van der Waals surface area contributed by atoms with Gasteiger partial charge in [0.25, 0.3) is 0 Å². The fourth-order valence-corrected chi connectivity index (χ4v) is 5.52. The molecule has 1 aliphatic heterocycles. The van der Waals surface area contributed by atoms with Gasteiger partial charge in [0.05, 0.1) is 18.8 Å². The number of benzene rings is 2. The number of hydrogen-bond donors (Lipinski definition) is 2. The predicted molar refractivity (Wildman–Crippen MR) is 153 cm³/mol. The first kappa shape index (κ1) is 30.5. The number of hydrogen-bond acceptors (Lipinski definition) is 8. The van der Waals surface area contributed by atoms with E-state index in [0.29, 0.717) is 17.7 Å². The lowest BCUT2D eigenvalue weighted by Crippen LogP contribution is -2.35. The Kier molecular flexibility index (Phi) is 11.2. The van der Waals surface area contributed by atoms with Crippen molar-refractivity contribution in [2.45, 2.75) is 65.5 Å². The molecular weight excluding hydrogens is 519 g/mol. The highest BCUT2D eigenvalue weighted by Crippen LogP contribution is 2.40. The summed E-state index contributed by atoms with van der Waals surface area (Å²) in [5.41, 5.74) is 6.48. The van der Waals surface area contributed by atoms with Gasteiger partial charge in [-0.1, -0.05) is 43.3 Å². The van der Waals surface area contributed by atoms with Crippen LogP contribution in [0.2, 0.25) is 0 Å². The summed E-state index contributed by atoms with van der Waals surface area (Å²) in [6, 6.07) is 13.1. The van der Waals surface area contributed by atoms with Crippen molar-refractivity contribution < 1.29 is 28.1 Å². The Labute approximate surface area is 231 Å². The summed E-state index contributed by atoms with van der Waals surface area (Å²) in [7, 11) is 0.175. The van der Waals surface area contributed by atoms with Crippen molar-refractivity contribution in [1.82, 2.24) is 9.99 Å². The second kappa shape index (κ2) is 14.4. The molecule has 39 heavy (non-hydrogen) atoms. The molecule has 0 aromatic heterocycles. The van der Waals surface area contributed by atoms with Crippen LogP contribution in [0.5, 0.6) is 5.75 Å². The number of nitrogens with one attached hydrogen (secondary N) is 1. The van der Waals surface area contributed by atoms with Crippen LogP contribution in [0.4, 0.5) is 0 Å². The lowest BCUT2D eigenvalue weighted by Gasteiger charge is -2.27. The molecule has 1 saturated heterocycles. The number of fused-ring (bicyclic) bond motifs is 1. The van der Waals surface area contributed by atoms with E-state index in [-0.39, 0.29) is 42.8 Å². The molecule has 1 fully saturated rings. The van der Waals surface area contributed by atoms with Crippen LogP contribution in [0.1, 0.15) is 41.0 Å². The van der Waals surface area contributed by atoms with Crippen molar-refractivity contribution in [3.8, 4) is 5.75 Å². The molecule has 1 aliphatic rings. The van der Waals surface area contributed by atoms with Crippen LogP contribution in [0.3, 0.4) is 0 Å². The van der Waals surface area contributed by atoms with Crippen molar-refractivity contribution in [2.24, 2.45) is 16.6 Å². The molecule has 5 atom stereocenters. The van der Waals surface area contributed by atoms with Crippen LogP contribution >= 0.6 is 8.53 Å². The number of ether oxygens (including phenoxy) is 2. The minimum atomic E-state index is -1.72. The Bertz CT molecular complexity index is 1180. The third-order valence-corrected chi connectivity index (χ3v) is 7.51. The maximum absolute atomic E-state index is 12.5. The normalized spacial score (nSPS) is 21.6. The molecule has 0 radical (unpaired) electrons. The van der Waals surface area contributed by atoms with Gasteiger partial charge in [-0.25, -0.2) is 5.09 Å². The number of aliphatic imine (C=N–C) groups is 1. The van der Waals surface area contributed by atoms with E-state index in [1.165, 1.54) is 0 Å². The van der Waals surface area contributed by atoms with Gasteiger partial charge in [0, 0.05) is 30.1 Å². The third-order valence-electron chi connectivity index (χ3n) is 6.16. The van der Waals surface area contributed by atoms with Crippen LogP contribution in [0, 0.1) is 5.92 Å². The van der Waals surface area contributed by atoms with E-state index >= 15 is 0 Å². The Morgan fingerprint density at radius 1 is 1.26 bits per heavy atom. The standard InChI is InChI=1S/C28H39N4O6P/c1-18(2)36-28(34)21(5)31-39(38-25-13-9-11-22-10-7-8-12-24(22)25)35-16-23-14-19(3)27(37-23)32(6)15-20(4)26(29)30-17-33/h7-13,15,17-19,21,23,27,31H,14,16H2,1-6H3,(H2,29,30,33)/b20-15-. The molecule has 3 N–H and O–H groups in total. The smallest absolute Gasteiger partial charge is 0.323 e. The molecule has 2 aromatic rings. The van der Waals surface area contributed by atoms with E-state index in [2.05, 4.69) is 17.0 Å². The molecule has 5 unspecified atom stereocenters. The van der Waals surface area contributed by atoms with Crippen LogP contribution < -0.4 is 15.3 Å². The van der Waals surface area contributed by atoms with Gasteiger partial charge in [-0.2, -0.15) is 4.99 Å². The second-order valence-electron chi connectivity index (χ2n) is 9.92. The molecule has 2 aromatic carbocycles. The van der Waals surface area contributed by atoms with Gasteiger partial charge < -0.3 is 29.2 Å². The Morgan fingerprint density at radius 3 is 2.69 bits per heavy atom. The van der Waals surface area contributed by atoms with E-state index in [4.69, 9.17) is 24.3 Å². The summed E-state index contributed by atoms with van der Waals surface area (Å²) in [6.07, 6.45) is 2.37. The fraction of sp³-hybridized carbons (Fsp3) is 0.464. The van der Waals surface area contributed by atoms with E-state index in [1.54, 1.807) is 13.8 Å². The van der Waals surface area contributed by atoms with Gasteiger partial charge >= 0.3 is 14.5 Å². The number of rotatable bonds is 13. The zero-order chi connectivity index (χ0) is 28.5. The first-order valence-corrected chi connectivity index (χ1v) is 14.1. The number of carbonyl (C=O) groups excluding carboxylic acids is 2. The van der Waals surface area contributed by atoms with Crippen molar-refractivity contribution in [3.63, 3.8) is 0 Å². The molecule has 212 valence electrons. The average Bonchev–Trinajstić information content (AvgIpc) is 3.27. The van der Waals surface area contributed by atoms with E-state index < -0.39 is 14.6 Å². The molecule has 10 nitrogen and oxygen atoms in total. The number of nitrogens with zero attached hydrogens (tertiary/aromatic N) is 2. The monoisotopic (exact) mass is 558 g/mol. The number of amides is 1. The highest BCUT2D eigenvalue weighted by atomic mass is 31.2. The Balaban J connectivity index is 1.70. The molecule has 11 heteroatoms. The minimum absolute atomic E-state index is 0.162. The Hall–Kier alpha value is -3.04. The highest BCUT2D eigenvalue weighted by molar-refractivity contribution is 7.45. The van der Waals surface area contributed by atoms with Crippen molar-refractivity contribution in [1.29, 1.82) is 0 Å². The first-order chi connectivity index (χ1) is 18.6. The van der Waals surface area contributed by atoms with Crippen LogP contribution in [-0.2, 0) is 23.6 Å². The van der Waals surface area contributed by atoms with Crippen LogP contribution in [0.25, 0.3) is 10.8 Å². The summed E-state index contributed by atoms with van der Waals surface area (Å²) in [5.74, 6) is 0.643. The lowest BCUT2D eigenvalue weighted by atomic mass is 10.1. The maximum atomic E-state index is 12.5. The first-order valence-electron chi connectivity index (χ1n) is 13.0. The van der Waals surface area contributed by atoms with Gasteiger partial charge in [-0.3, -0.25) is 9.59 Å². The summed E-state index contributed by atoms with van der Waals surface area (Å²) in [4.78, 5) is 28.6. The topological polar surface area (TPSA) is 125 Å². The van der Waals surface area contributed by atoms with Gasteiger partial charge in [-0.15, -0.1) is 0 Å². The van der Waals surface area contributed by atoms with Crippen molar-refractivity contribution in [2.75, 3.05) is 13.7 Å². The zero-order valence-corrected chi connectivity index (χ0v) is 24.3. The molecule has 1 amide bonds. The molecule has 0 spiro atoms. The second-order valence-corrected chi connectivity index (χ2v) is 11.1. The quantitative estimate of drug-likeness (QED) is 0.120. The largest absolute Gasteiger partial charge is 0.462 e. The van der Waals surface area contributed by atoms with Gasteiger partial charge in [0.2, 0.25) is 6.41 Å². The number of amidine groups is 1. The van der Waals surface area contributed by atoms with Crippen LogP contribution in [0.15, 0.2) is 59.2 Å². The van der Waals surface area contributed by atoms with Crippen molar-refractivity contribution in [3.05, 3.63) is 54.2 Å². The minimum Gasteiger partial charge on any atom is -0.462 e. The summed E-state index contributed by atoms with van der Waals surface area (Å²) in [6.45, 7) is 9.50. The third kappa shape index (κ3) is 8.73. The average molecular weight is 559 g/mol. The zero-order valence-electron chi connectivity index (χ0n) is 23.4. The SMILES string of the molecule is CC(=C/N(C)C1OC(COP(NC(C)C(=O)OC(C)C)Oc2cccc3ccccc23)CC1C)/C(N)=N\C=O. The van der Waals surface area contributed by atoms with E-state index in [0.717, 1.165) is 17.2 Å². The lowest BCUT2D eigenvalue weighted by molar-refractivity contribution is -0.149. The van der Waals surface area contributed by atoms with Gasteiger partial charge in [0.15, 0.2) is 0 Å². The number of esters is 1. The molecule has 0 saturated carbocycles. The predicted octanol–water partition coefficient (Wildman–Crippen LogP) is 4.49. The van der Waals surface area contributed by atoms with E-state index in [9.17, 15) is 9.59 Å². The molecule has 3 rings (SSSR count). The fourth-order valence-electron chi connectivity index (χ4n) is 4.28. The maximum Gasteiger partial charge on any atom is 0.323 e. The number of carbonyl (C=O) groups is 2. The summed E-state index contributed by atoms with van der Waals surface area (Å²) < 4.78 is 24.2. The van der Waals surface area contributed by atoms with Gasteiger partial charge in [-0.05, 0) is 45.6 Å². The highest BCUT2D eigenvalue weighted by Gasteiger charge is 2.35. The van der Waals surface area contributed by atoms with Crippen LogP contribution in [-0.4, -0.2) is 61.2 Å².